The van der Waals surface area contributed by atoms with Gasteiger partial charge in [-0.1, -0.05) is 24.8 Å². The van der Waals surface area contributed by atoms with E-state index in [1.807, 2.05) is 0 Å². The molecule has 190 valence electrons. The second-order valence-electron chi connectivity index (χ2n) is 5.55. The van der Waals surface area contributed by atoms with Gasteiger partial charge in [0.2, 0.25) is 0 Å². The highest BCUT2D eigenvalue weighted by Crippen LogP contribution is 2.52. The standard InChI is InChI=1S/C12H8F9NO8S3/c1-2-7-3-5-8(6-4-7)30-33(28,29)11(17,18)9(13,14)10(15,16)31(24,25)22(23)32(26,27)12(19,20)21/h2-6,23H,1H2. The molecule has 1 aromatic rings. The Balaban J connectivity index is 3.56. The Labute approximate surface area is 178 Å². The summed E-state index contributed by atoms with van der Waals surface area (Å²) in [5.41, 5.74) is -6.70. The van der Waals surface area contributed by atoms with Gasteiger partial charge >= 0.3 is 52.1 Å². The smallest absolute Gasteiger partial charge is 0.378 e. The number of alkyl halides is 9. The minimum Gasteiger partial charge on any atom is -0.378 e. The topological polar surface area (TPSA) is 135 Å². The van der Waals surface area contributed by atoms with Gasteiger partial charge in [-0.15, -0.1) is 0 Å². The SMILES string of the molecule is C=Cc1ccc(OS(=O)(=O)C(F)(F)C(F)(F)C(F)(F)S(=O)(=O)N(O)S(=O)(=O)C(F)(F)F)cc1. The van der Waals surface area contributed by atoms with Crippen LogP contribution in [0.3, 0.4) is 0 Å². The number of nitrogens with zero attached hydrogens (tertiary/aromatic N) is 1. The number of rotatable bonds is 9. The summed E-state index contributed by atoms with van der Waals surface area (Å²) in [6, 6.07) is 2.92. The lowest BCUT2D eigenvalue weighted by Gasteiger charge is -2.32. The largest absolute Gasteiger partial charge is 0.514 e. The van der Waals surface area contributed by atoms with Crippen LogP contribution in [0.5, 0.6) is 5.75 Å². The molecule has 0 aliphatic rings. The van der Waals surface area contributed by atoms with Crippen molar-refractivity contribution in [3.63, 3.8) is 0 Å². The van der Waals surface area contributed by atoms with Gasteiger partial charge in [-0.05, 0) is 17.7 Å². The Morgan fingerprint density at radius 3 is 1.58 bits per heavy atom. The normalized spacial score (nSPS) is 14.9. The van der Waals surface area contributed by atoms with Crippen molar-refractivity contribution in [2.24, 2.45) is 0 Å². The third-order valence-electron chi connectivity index (χ3n) is 3.39. The van der Waals surface area contributed by atoms with E-state index in [0.717, 1.165) is 18.2 Å². The van der Waals surface area contributed by atoms with E-state index in [2.05, 4.69) is 10.8 Å². The highest BCUT2D eigenvalue weighted by Gasteiger charge is 2.84. The molecule has 0 amide bonds. The Morgan fingerprint density at radius 1 is 0.788 bits per heavy atom. The molecule has 1 N–H and O–H groups in total. The molecule has 1 aromatic carbocycles. The molecular formula is C12H8F9NO8S3. The summed E-state index contributed by atoms with van der Waals surface area (Å²) in [6.07, 6.45) is 1.13. The third-order valence-corrected chi connectivity index (χ3v) is 8.18. The first-order valence-corrected chi connectivity index (χ1v) is 11.6. The summed E-state index contributed by atoms with van der Waals surface area (Å²) < 4.78 is 187. The van der Waals surface area contributed by atoms with Crippen molar-refractivity contribution in [3.05, 3.63) is 36.4 Å². The lowest BCUT2D eigenvalue weighted by atomic mass is 10.2. The second-order valence-corrected chi connectivity index (χ2v) is 10.9. The molecule has 0 fully saturated rings. The molecule has 0 atom stereocenters. The van der Waals surface area contributed by atoms with Gasteiger partial charge in [0.25, 0.3) is 0 Å². The van der Waals surface area contributed by atoms with Gasteiger partial charge in [0, 0.05) is 3.87 Å². The zero-order valence-corrected chi connectivity index (χ0v) is 17.4. The van der Waals surface area contributed by atoms with E-state index < -0.39 is 61.7 Å². The van der Waals surface area contributed by atoms with Crippen molar-refractivity contribution >= 4 is 36.2 Å². The van der Waals surface area contributed by atoms with Crippen LogP contribution in [0.25, 0.3) is 6.08 Å². The maximum Gasteiger partial charge on any atom is 0.514 e. The Hall–Kier alpha value is -2.10. The van der Waals surface area contributed by atoms with Crippen LogP contribution in [0.2, 0.25) is 0 Å². The molecule has 0 aliphatic carbocycles. The van der Waals surface area contributed by atoms with Gasteiger partial charge < -0.3 is 4.18 Å². The molecule has 0 heterocycles. The van der Waals surface area contributed by atoms with Crippen LogP contribution in [0.4, 0.5) is 39.5 Å². The first-order valence-electron chi connectivity index (χ1n) is 7.27. The molecule has 0 aliphatic heterocycles. The van der Waals surface area contributed by atoms with Crippen molar-refractivity contribution in [1.82, 2.24) is 3.87 Å². The summed E-state index contributed by atoms with van der Waals surface area (Å²) in [4.78, 5) is 0. The van der Waals surface area contributed by atoms with Crippen molar-refractivity contribution in [2.75, 3.05) is 0 Å². The summed E-state index contributed by atoms with van der Waals surface area (Å²) in [5.74, 6) is -8.90. The maximum atomic E-state index is 13.9. The number of hydrogen-bond acceptors (Lipinski definition) is 8. The van der Waals surface area contributed by atoms with E-state index in [-0.39, 0.29) is 5.56 Å². The average Bonchev–Trinajstić information content (AvgIpc) is 2.66. The molecule has 0 bridgehead atoms. The second kappa shape index (κ2) is 8.29. The van der Waals surface area contributed by atoms with E-state index in [4.69, 9.17) is 5.21 Å². The van der Waals surface area contributed by atoms with Crippen LogP contribution in [-0.2, 0) is 30.2 Å². The number of sulfonamides is 2. The summed E-state index contributed by atoms with van der Waals surface area (Å²) in [7, 11) is -23.3. The molecule has 21 heteroatoms. The quantitative estimate of drug-likeness (QED) is 0.276. The fourth-order valence-corrected chi connectivity index (χ4v) is 5.01. The van der Waals surface area contributed by atoms with Gasteiger partial charge in [0.1, 0.15) is 5.75 Å². The van der Waals surface area contributed by atoms with Gasteiger partial charge in [0.15, 0.2) is 0 Å². The van der Waals surface area contributed by atoms with Gasteiger partial charge in [-0.3, -0.25) is 5.21 Å². The van der Waals surface area contributed by atoms with Crippen LogP contribution >= 0.6 is 0 Å². The Morgan fingerprint density at radius 2 is 1.21 bits per heavy atom. The van der Waals surface area contributed by atoms with Crippen LogP contribution in [-0.4, -0.2) is 56.3 Å². The van der Waals surface area contributed by atoms with E-state index >= 15 is 0 Å². The number of hydrogen-bond donors (Lipinski definition) is 1. The minimum absolute atomic E-state index is 0.198. The zero-order valence-electron chi connectivity index (χ0n) is 15.0. The fourth-order valence-electron chi connectivity index (χ4n) is 1.64. The van der Waals surface area contributed by atoms with Crippen LogP contribution in [0.1, 0.15) is 5.56 Å². The number of benzene rings is 1. The highest BCUT2D eigenvalue weighted by molar-refractivity contribution is 8.04. The zero-order chi connectivity index (χ0) is 26.5. The molecule has 33 heavy (non-hydrogen) atoms. The molecule has 0 saturated carbocycles. The van der Waals surface area contributed by atoms with Crippen molar-refractivity contribution in [3.8, 4) is 5.75 Å². The summed E-state index contributed by atoms with van der Waals surface area (Å²) in [5, 5.41) is -6.31. The molecule has 0 spiro atoms. The molecule has 9 nitrogen and oxygen atoms in total. The first kappa shape index (κ1) is 28.9. The average molecular weight is 561 g/mol. The molecule has 1 rings (SSSR count). The predicted octanol–water partition coefficient (Wildman–Crippen LogP) is 2.73. The summed E-state index contributed by atoms with van der Waals surface area (Å²) >= 11 is 0. The van der Waals surface area contributed by atoms with Crippen molar-refractivity contribution < 1.29 is 74.2 Å². The van der Waals surface area contributed by atoms with E-state index in [1.54, 1.807) is 0 Å². The molecule has 0 radical (unpaired) electrons. The van der Waals surface area contributed by atoms with Gasteiger partial charge in [0.05, 0.1) is 0 Å². The lowest BCUT2D eigenvalue weighted by Crippen LogP contribution is -2.64. The van der Waals surface area contributed by atoms with Crippen molar-refractivity contribution in [2.45, 2.75) is 21.9 Å². The van der Waals surface area contributed by atoms with Crippen LogP contribution in [0, 0.1) is 0 Å². The summed E-state index contributed by atoms with van der Waals surface area (Å²) in [6.45, 7) is 3.25. The fraction of sp³-hybridized carbons (Fsp3) is 0.333. The highest BCUT2D eigenvalue weighted by atomic mass is 32.3. The van der Waals surface area contributed by atoms with Crippen LogP contribution < -0.4 is 4.18 Å². The Bertz CT molecular complexity index is 1220. The van der Waals surface area contributed by atoms with E-state index in [1.165, 1.54) is 0 Å². The first-order chi connectivity index (χ1) is 14.4. The van der Waals surface area contributed by atoms with E-state index in [9.17, 15) is 64.8 Å². The third kappa shape index (κ3) is 4.50. The molecular weight excluding hydrogens is 553 g/mol. The van der Waals surface area contributed by atoms with E-state index in [0.29, 0.717) is 12.1 Å². The van der Waals surface area contributed by atoms with Crippen LogP contribution in [0.15, 0.2) is 30.8 Å². The maximum absolute atomic E-state index is 13.9. The lowest BCUT2D eigenvalue weighted by molar-refractivity contribution is -0.247. The number of halogens is 9. The molecule has 0 aromatic heterocycles. The van der Waals surface area contributed by atoms with Gasteiger partial charge in [-0.25, -0.2) is 8.42 Å². The molecule has 0 unspecified atom stereocenters. The monoisotopic (exact) mass is 561 g/mol. The van der Waals surface area contributed by atoms with Gasteiger partial charge in [-0.2, -0.15) is 56.3 Å². The predicted molar refractivity (Wildman–Crippen MR) is 88.4 cm³/mol. The molecule has 0 saturated heterocycles. The Kier molecular flexibility index (Phi) is 7.26. The minimum atomic E-state index is -8.28. The van der Waals surface area contributed by atoms with Crippen molar-refractivity contribution in [1.29, 1.82) is 0 Å².